The van der Waals surface area contributed by atoms with Crippen molar-refractivity contribution < 1.29 is 13.2 Å². The van der Waals surface area contributed by atoms with Crippen LogP contribution in [0.1, 0.15) is 37.8 Å². The van der Waals surface area contributed by atoms with Gasteiger partial charge >= 0.3 is 0 Å². The summed E-state index contributed by atoms with van der Waals surface area (Å²) in [4.78, 5) is 6.52. The summed E-state index contributed by atoms with van der Waals surface area (Å²) in [6.45, 7) is 11.3. The maximum absolute atomic E-state index is 12.5. The number of hydrogen-bond acceptors (Lipinski definition) is 4. The second-order valence-corrected chi connectivity index (χ2v) is 9.95. The molecule has 0 radical (unpaired) electrons. The molecule has 29 heavy (non-hydrogen) atoms. The van der Waals surface area contributed by atoms with Crippen LogP contribution in [0.25, 0.3) is 0 Å². The lowest BCUT2D eigenvalue weighted by molar-refractivity contribution is 0.0904. The Labute approximate surface area is 176 Å². The minimum atomic E-state index is -3.28. The molecule has 1 N–H and O–H groups in total. The van der Waals surface area contributed by atoms with Gasteiger partial charge in [-0.25, -0.2) is 8.42 Å². The Morgan fingerprint density at radius 1 is 1.21 bits per heavy atom. The molecule has 0 saturated carbocycles. The summed E-state index contributed by atoms with van der Waals surface area (Å²) >= 11 is 0. The lowest BCUT2D eigenvalue weighted by Crippen LogP contribution is -2.54. The Morgan fingerprint density at radius 3 is 2.48 bits per heavy atom. The Bertz CT molecular complexity index is 772. The van der Waals surface area contributed by atoms with Crippen LogP contribution in [0.2, 0.25) is 0 Å². The SMILES string of the molecule is CN=C(NCC(C)c1cccc(C)c1)N1CCN(S(=O)(=O)CCOC(C)C)CC1. The van der Waals surface area contributed by atoms with Crippen molar-refractivity contribution in [2.75, 3.05) is 52.1 Å². The maximum Gasteiger partial charge on any atom is 0.216 e. The van der Waals surface area contributed by atoms with E-state index in [0.717, 1.165) is 12.5 Å². The number of guanidine groups is 1. The number of nitrogens with one attached hydrogen (secondary N) is 1. The average molecular weight is 425 g/mol. The topological polar surface area (TPSA) is 74.2 Å². The Morgan fingerprint density at radius 2 is 1.90 bits per heavy atom. The molecule has 0 amide bonds. The van der Waals surface area contributed by atoms with Gasteiger partial charge in [-0.05, 0) is 32.3 Å². The fraction of sp³-hybridized carbons (Fsp3) is 0.667. The number of piperazine rings is 1. The molecule has 8 heteroatoms. The molecule has 1 heterocycles. The molecule has 1 aliphatic heterocycles. The van der Waals surface area contributed by atoms with Crippen molar-refractivity contribution >= 4 is 16.0 Å². The fourth-order valence-electron chi connectivity index (χ4n) is 3.37. The Balaban J connectivity index is 1.83. The van der Waals surface area contributed by atoms with Crippen LogP contribution in [0, 0.1) is 6.92 Å². The molecule has 0 spiro atoms. The first kappa shape index (κ1) is 23.6. The van der Waals surface area contributed by atoms with Gasteiger partial charge < -0.3 is 15.0 Å². The first-order valence-corrected chi connectivity index (χ1v) is 12.0. The van der Waals surface area contributed by atoms with E-state index in [1.807, 2.05) is 13.8 Å². The van der Waals surface area contributed by atoms with Crippen LogP contribution in [-0.4, -0.2) is 81.8 Å². The van der Waals surface area contributed by atoms with Gasteiger partial charge in [-0.15, -0.1) is 0 Å². The summed E-state index contributed by atoms with van der Waals surface area (Å²) in [5, 5.41) is 3.45. The molecule has 1 fully saturated rings. The van der Waals surface area contributed by atoms with E-state index >= 15 is 0 Å². The monoisotopic (exact) mass is 424 g/mol. The van der Waals surface area contributed by atoms with Gasteiger partial charge in [-0.1, -0.05) is 36.8 Å². The molecular weight excluding hydrogens is 388 g/mol. The molecule has 1 aliphatic rings. The zero-order valence-corrected chi connectivity index (χ0v) is 19.2. The van der Waals surface area contributed by atoms with Gasteiger partial charge in [0.1, 0.15) is 0 Å². The number of hydrogen-bond donors (Lipinski definition) is 1. The number of rotatable bonds is 8. The molecule has 1 saturated heterocycles. The normalized spacial score (nSPS) is 17.6. The van der Waals surface area contributed by atoms with Gasteiger partial charge in [0.2, 0.25) is 10.0 Å². The van der Waals surface area contributed by atoms with Gasteiger partial charge in [-0.3, -0.25) is 4.99 Å². The molecular formula is C21H36N4O3S. The molecule has 2 rings (SSSR count). The van der Waals surface area contributed by atoms with E-state index in [4.69, 9.17) is 4.74 Å². The third-order valence-electron chi connectivity index (χ3n) is 5.11. The van der Waals surface area contributed by atoms with E-state index in [9.17, 15) is 8.42 Å². The first-order chi connectivity index (χ1) is 13.7. The molecule has 0 aliphatic carbocycles. The van der Waals surface area contributed by atoms with E-state index in [0.29, 0.717) is 32.1 Å². The number of nitrogens with zero attached hydrogens (tertiary/aromatic N) is 3. The summed E-state index contributed by atoms with van der Waals surface area (Å²) in [7, 11) is -1.51. The predicted molar refractivity (Wildman–Crippen MR) is 119 cm³/mol. The zero-order chi connectivity index (χ0) is 21.4. The maximum atomic E-state index is 12.5. The first-order valence-electron chi connectivity index (χ1n) is 10.3. The van der Waals surface area contributed by atoms with E-state index in [-0.39, 0.29) is 18.5 Å². The van der Waals surface area contributed by atoms with Gasteiger partial charge in [-0.2, -0.15) is 4.31 Å². The van der Waals surface area contributed by atoms with Gasteiger partial charge in [0, 0.05) is 39.8 Å². The second kappa shape index (κ2) is 10.9. The lowest BCUT2D eigenvalue weighted by Gasteiger charge is -2.36. The smallest absolute Gasteiger partial charge is 0.216 e. The lowest BCUT2D eigenvalue weighted by atomic mass is 9.99. The van der Waals surface area contributed by atoms with Crippen LogP contribution in [-0.2, 0) is 14.8 Å². The highest BCUT2D eigenvalue weighted by molar-refractivity contribution is 7.89. The van der Waals surface area contributed by atoms with E-state index in [1.54, 1.807) is 11.4 Å². The summed E-state index contributed by atoms with van der Waals surface area (Å²) in [5.41, 5.74) is 2.56. The van der Waals surface area contributed by atoms with Crippen LogP contribution in [0.3, 0.4) is 0 Å². The summed E-state index contributed by atoms with van der Waals surface area (Å²) in [6.07, 6.45) is 0.0404. The van der Waals surface area contributed by atoms with Crippen LogP contribution in [0.5, 0.6) is 0 Å². The summed E-state index contributed by atoms with van der Waals surface area (Å²) < 4.78 is 32.0. The highest BCUT2D eigenvalue weighted by atomic mass is 32.2. The van der Waals surface area contributed by atoms with E-state index in [1.165, 1.54) is 11.1 Å². The van der Waals surface area contributed by atoms with Crippen molar-refractivity contribution in [2.24, 2.45) is 4.99 Å². The molecule has 7 nitrogen and oxygen atoms in total. The summed E-state index contributed by atoms with van der Waals surface area (Å²) in [6, 6.07) is 8.55. The van der Waals surface area contributed by atoms with Crippen molar-refractivity contribution in [2.45, 2.75) is 39.7 Å². The second-order valence-electron chi connectivity index (χ2n) is 7.86. The molecule has 1 aromatic carbocycles. The Hall–Kier alpha value is -1.64. The highest BCUT2D eigenvalue weighted by Crippen LogP contribution is 2.16. The van der Waals surface area contributed by atoms with Gasteiger partial charge in [0.15, 0.2) is 5.96 Å². The predicted octanol–water partition coefficient (Wildman–Crippen LogP) is 2.05. The molecule has 0 aromatic heterocycles. The molecule has 0 bridgehead atoms. The number of ether oxygens (including phenoxy) is 1. The fourth-order valence-corrected chi connectivity index (χ4v) is 4.65. The van der Waals surface area contributed by atoms with Crippen molar-refractivity contribution in [3.05, 3.63) is 35.4 Å². The van der Waals surface area contributed by atoms with Crippen molar-refractivity contribution in [3.63, 3.8) is 0 Å². The van der Waals surface area contributed by atoms with Crippen molar-refractivity contribution in [1.29, 1.82) is 0 Å². The highest BCUT2D eigenvalue weighted by Gasteiger charge is 2.28. The summed E-state index contributed by atoms with van der Waals surface area (Å²) in [5.74, 6) is 1.21. The number of sulfonamides is 1. The van der Waals surface area contributed by atoms with Crippen LogP contribution >= 0.6 is 0 Å². The van der Waals surface area contributed by atoms with Crippen LogP contribution in [0.15, 0.2) is 29.3 Å². The van der Waals surface area contributed by atoms with E-state index in [2.05, 4.69) is 53.3 Å². The Kier molecular flexibility index (Phi) is 8.92. The third kappa shape index (κ3) is 7.28. The number of aliphatic imine (C=N–C) groups is 1. The molecule has 164 valence electrons. The van der Waals surface area contributed by atoms with Crippen molar-refractivity contribution in [1.82, 2.24) is 14.5 Å². The standard InChI is InChI=1S/C21H36N4O3S/c1-17(2)28-13-14-29(26,27)25-11-9-24(10-12-25)21(22-5)23-16-19(4)20-8-6-7-18(3)15-20/h6-8,15,17,19H,9-14,16H2,1-5H3,(H,22,23). The molecule has 1 atom stereocenters. The average Bonchev–Trinajstić information content (AvgIpc) is 2.68. The quantitative estimate of drug-likeness (QED) is 0.511. The zero-order valence-electron chi connectivity index (χ0n) is 18.4. The molecule has 1 unspecified atom stereocenters. The van der Waals surface area contributed by atoms with Crippen LogP contribution < -0.4 is 5.32 Å². The van der Waals surface area contributed by atoms with Gasteiger partial charge in [0.25, 0.3) is 0 Å². The van der Waals surface area contributed by atoms with Crippen LogP contribution in [0.4, 0.5) is 0 Å². The minimum absolute atomic E-state index is 0.0339. The van der Waals surface area contributed by atoms with E-state index < -0.39 is 10.0 Å². The van der Waals surface area contributed by atoms with Gasteiger partial charge in [0.05, 0.1) is 18.5 Å². The third-order valence-corrected chi connectivity index (χ3v) is 6.95. The van der Waals surface area contributed by atoms with Crippen molar-refractivity contribution in [3.8, 4) is 0 Å². The largest absolute Gasteiger partial charge is 0.378 e. The minimum Gasteiger partial charge on any atom is -0.378 e. The number of benzene rings is 1. The molecule has 1 aromatic rings. The number of aryl methyl sites for hydroxylation is 1.